The van der Waals surface area contributed by atoms with Gasteiger partial charge in [0.05, 0.1) is 0 Å². The standard InChI is InChI=1S/C14H16N2O3/c1-7-3-10-13-9(4-11(17)15-10)5-16(6-12(18)19)14(13)8(7)2/h3,9H,4-6H2,1-2H3,(H,15,17)(H,18,19). The van der Waals surface area contributed by atoms with E-state index in [2.05, 4.69) is 5.32 Å². The average Bonchev–Trinajstić information content (AvgIpc) is 2.63. The summed E-state index contributed by atoms with van der Waals surface area (Å²) >= 11 is 0. The Bertz CT molecular complexity index is 595. The first-order valence-electron chi connectivity index (χ1n) is 6.38. The van der Waals surface area contributed by atoms with Gasteiger partial charge in [-0.2, -0.15) is 0 Å². The van der Waals surface area contributed by atoms with Crippen LogP contribution < -0.4 is 10.2 Å². The molecule has 0 spiro atoms. The summed E-state index contributed by atoms with van der Waals surface area (Å²) in [5.74, 6) is -0.700. The van der Waals surface area contributed by atoms with Crippen molar-refractivity contribution in [2.75, 3.05) is 23.3 Å². The van der Waals surface area contributed by atoms with E-state index in [1.807, 2.05) is 24.8 Å². The lowest BCUT2D eigenvalue weighted by molar-refractivity contribution is -0.135. The van der Waals surface area contributed by atoms with Crippen molar-refractivity contribution >= 4 is 23.3 Å². The van der Waals surface area contributed by atoms with Gasteiger partial charge in [-0.3, -0.25) is 9.59 Å². The molecule has 2 aliphatic heterocycles. The summed E-state index contributed by atoms with van der Waals surface area (Å²) in [4.78, 5) is 24.6. The number of benzene rings is 1. The van der Waals surface area contributed by atoms with Crippen molar-refractivity contribution in [3.63, 3.8) is 0 Å². The van der Waals surface area contributed by atoms with Crippen LogP contribution in [0.5, 0.6) is 0 Å². The molecule has 0 saturated carbocycles. The zero-order chi connectivity index (χ0) is 13.7. The Balaban J connectivity index is 2.16. The summed E-state index contributed by atoms with van der Waals surface area (Å²) in [6.45, 7) is 4.60. The number of carboxylic acid groups (broad SMARTS) is 1. The van der Waals surface area contributed by atoms with Gasteiger partial charge >= 0.3 is 5.97 Å². The summed E-state index contributed by atoms with van der Waals surface area (Å²) in [6.07, 6.45) is 0.443. The van der Waals surface area contributed by atoms with Crippen LogP contribution >= 0.6 is 0 Å². The molecule has 100 valence electrons. The smallest absolute Gasteiger partial charge is 0.323 e. The van der Waals surface area contributed by atoms with Gasteiger partial charge in [0.2, 0.25) is 5.91 Å². The van der Waals surface area contributed by atoms with Gasteiger partial charge in [0.25, 0.3) is 0 Å². The van der Waals surface area contributed by atoms with Crippen LogP contribution in [0, 0.1) is 13.8 Å². The van der Waals surface area contributed by atoms with E-state index >= 15 is 0 Å². The van der Waals surface area contributed by atoms with E-state index in [1.165, 1.54) is 0 Å². The maximum absolute atomic E-state index is 11.7. The first-order valence-corrected chi connectivity index (χ1v) is 6.38. The number of aliphatic carboxylic acids is 1. The van der Waals surface area contributed by atoms with Crippen molar-refractivity contribution in [3.8, 4) is 0 Å². The fraction of sp³-hybridized carbons (Fsp3) is 0.429. The first-order chi connectivity index (χ1) is 8.97. The molecule has 5 nitrogen and oxygen atoms in total. The molecular formula is C14H16N2O3. The van der Waals surface area contributed by atoms with Gasteiger partial charge in [0, 0.05) is 35.8 Å². The molecule has 0 bridgehead atoms. The molecule has 1 aromatic rings. The number of carbonyl (C=O) groups excluding carboxylic acids is 1. The Morgan fingerprint density at radius 1 is 1.53 bits per heavy atom. The zero-order valence-corrected chi connectivity index (χ0v) is 11.0. The van der Waals surface area contributed by atoms with E-state index in [-0.39, 0.29) is 18.4 Å². The highest BCUT2D eigenvalue weighted by atomic mass is 16.4. The quantitative estimate of drug-likeness (QED) is 0.848. The predicted molar refractivity (Wildman–Crippen MR) is 71.8 cm³/mol. The molecule has 1 aromatic carbocycles. The predicted octanol–water partition coefficient (Wildman–Crippen LogP) is 1.63. The maximum Gasteiger partial charge on any atom is 0.323 e. The average molecular weight is 260 g/mol. The molecule has 0 saturated heterocycles. The second-order valence-corrected chi connectivity index (χ2v) is 5.35. The molecule has 0 fully saturated rings. The number of hydrogen-bond acceptors (Lipinski definition) is 3. The van der Waals surface area contributed by atoms with Crippen LogP contribution in [0.1, 0.15) is 29.0 Å². The fourth-order valence-corrected chi connectivity index (χ4v) is 3.19. The van der Waals surface area contributed by atoms with Crippen LogP contribution in [0.25, 0.3) is 0 Å². The third kappa shape index (κ3) is 1.77. The highest BCUT2D eigenvalue weighted by molar-refractivity contribution is 5.98. The van der Waals surface area contributed by atoms with Crippen LogP contribution in [-0.2, 0) is 9.59 Å². The van der Waals surface area contributed by atoms with Gasteiger partial charge in [-0.15, -0.1) is 0 Å². The van der Waals surface area contributed by atoms with Crippen LogP contribution in [-0.4, -0.2) is 30.1 Å². The normalized spacial score (nSPS) is 20.2. The van der Waals surface area contributed by atoms with Crippen molar-refractivity contribution < 1.29 is 14.7 Å². The largest absolute Gasteiger partial charge is 0.480 e. The molecule has 2 aliphatic rings. The van der Waals surface area contributed by atoms with E-state index in [1.54, 1.807) is 0 Å². The topological polar surface area (TPSA) is 69.6 Å². The third-order valence-corrected chi connectivity index (χ3v) is 4.05. The molecule has 1 unspecified atom stereocenters. The SMILES string of the molecule is Cc1cc2c3c(c1C)N(CC(=O)O)CC3CC(=O)N2. The summed E-state index contributed by atoms with van der Waals surface area (Å²) in [5.41, 5.74) is 5.16. The van der Waals surface area contributed by atoms with Crippen LogP contribution in [0.2, 0.25) is 0 Å². The number of nitrogens with zero attached hydrogens (tertiary/aromatic N) is 1. The van der Waals surface area contributed by atoms with E-state index in [0.717, 1.165) is 28.1 Å². The van der Waals surface area contributed by atoms with Gasteiger partial charge in [-0.05, 0) is 31.0 Å². The van der Waals surface area contributed by atoms with Gasteiger partial charge in [-0.25, -0.2) is 0 Å². The van der Waals surface area contributed by atoms with Crippen molar-refractivity contribution in [2.45, 2.75) is 26.2 Å². The van der Waals surface area contributed by atoms with Gasteiger partial charge < -0.3 is 15.3 Å². The van der Waals surface area contributed by atoms with Gasteiger partial charge in [-0.1, -0.05) is 0 Å². The Labute approximate surface area is 111 Å². The number of amides is 1. The number of carboxylic acids is 1. The number of hydrogen-bond donors (Lipinski definition) is 2. The lowest BCUT2D eigenvalue weighted by atomic mass is 9.89. The summed E-state index contributed by atoms with van der Waals surface area (Å²) in [5, 5.41) is 11.9. The molecule has 19 heavy (non-hydrogen) atoms. The maximum atomic E-state index is 11.7. The molecule has 0 aromatic heterocycles. The Morgan fingerprint density at radius 3 is 2.95 bits per heavy atom. The summed E-state index contributed by atoms with van der Waals surface area (Å²) < 4.78 is 0. The molecule has 1 amide bonds. The molecular weight excluding hydrogens is 244 g/mol. The minimum Gasteiger partial charge on any atom is -0.480 e. The number of rotatable bonds is 2. The van der Waals surface area contributed by atoms with E-state index in [9.17, 15) is 9.59 Å². The third-order valence-electron chi connectivity index (χ3n) is 4.05. The molecule has 0 radical (unpaired) electrons. The van der Waals surface area contributed by atoms with Gasteiger partial charge in [0.15, 0.2) is 0 Å². The number of aryl methyl sites for hydroxylation is 1. The second-order valence-electron chi connectivity index (χ2n) is 5.35. The summed E-state index contributed by atoms with van der Waals surface area (Å²) in [7, 11) is 0. The Hall–Kier alpha value is -2.04. The van der Waals surface area contributed by atoms with E-state index in [4.69, 9.17) is 5.11 Å². The van der Waals surface area contributed by atoms with Crippen LogP contribution in [0.15, 0.2) is 6.07 Å². The van der Waals surface area contributed by atoms with Crippen molar-refractivity contribution in [3.05, 3.63) is 22.8 Å². The first kappa shape index (κ1) is 12.0. The monoisotopic (exact) mass is 260 g/mol. The number of carbonyl (C=O) groups is 2. The van der Waals surface area contributed by atoms with E-state index in [0.29, 0.717) is 13.0 Å². The fourth-order valence-electron chi connectivity index (χ4n) is 3.19. The molecule has 3 rings (SSSR count). The minimum atomic E-state index is -0.840. The summed E-state index contributed by atoms with van der Waals surface area (Å²) in [6, 6.07) is 1.99. The minimum absolute atomic E-state index is 0.0125. The Morgan fingerprint density at radius 2 is 2.26 bits per heavy atom. The molecule has 2 heterocycles. The lowest BCUT2D eigenvalue weighted by Crippen LogP contribution is -2.29. The molecule has 0 aliphatic carbocycles. The van der Waals surface area contributed by atoms with Crippen molar-refractivity contribution in [2.24, 2.45) is 0 Å². The molecule has 2 N–H and O–H groups in total. The highest BCUT2D eigenvalue weighted by Gasteiger charge is 2.38. The van der Waals surface area contributed by atoms with Gasteiger partial charge in [0.1, 0.15) is 6.54 Å². The van der Waals surface area contributed by atoms with Crippen molar-refractivity contribution in [1.29, 1.82) is 0 Å². The second kappa shape index (κ2) is 3.98. The number of nitrogens with one attached hydrogen (secondary N) is 1. The molecule has 5 heteroatoms. The van der Waals surface area contributed by atoms with Crippen LogP contribution in [0.4, 0.5) is 11.4 Å². The molecule has 1 atom stereocenters. The number of anilines is 2. The Kier molecular flexibility index (Phi) is 2.52. The van der Waals surface area contributed by atoms with E-state index < -0.39 is 5.97 Å². The van der Waals surface area contributed by atoms with Crippen LogP contribution in [0.3, 0.4) is 0 Å². The highest BCUT2D eigenvalue weighted by Crippen LogP contribution is 2.47. The van der Waals surface area contributed by atoms with Crippen molar-refractivity contribution in [1.82, 2.24) is 0 Å². The zero-order valence-electron chi connectivity index (χ0n) is 11.0. The lowest BCUT2D eigenvalue weighted by Gasteiger charge is -2.23.